The zero-order valence-electron chi connectivity index (χ0n) is 6.57. The topological polar surface area (TPSA) is 30.7 Å². The molecule has 0 aliphatic carbocycles. The lowest BCUT2D eigenvalue weighted by Gasteiger charge is -1.97. The van der Waals surface area contributed by atoms with E-state index in [9.17, 15) is 0 Å². The van der Waals surface area contributed by atoms with Crippen LogP contribution in [0.2, 0.25) is 0 Å². The summed E-state index contributed by atoms with van der Waals surface area (Å²) in [5, 5.41) is 10.1. The third-order valence-electron chi connectivity index (χ3n) is 1.13. The Morgan fingerprint density at radius 3 is 2.36 bits per heavy atom. The van der Waals surface area contributed by atoms with Gasteiger partial charge >= 0.3 is 0 Å². The van der Waals surface area contributed by atoms with Crippen LogP contribution in [-0.4, -0.2) is 33.2 Å². The number of rotatable bonds is 3. The van der Waals surface area contributed by atoms with Gasteiger partial charge in [-0.2, -0.15) is 4.09 Å². The molecule has 0 unspecified atom stereocenters. The number of thioether (sulfide) groups is 2. The van der Waals surface area contributed by atoms with Gasteiger partial charge < -0.3 is 0 Å². The Kier molecular flexibility index (Phi) is 3.61. The molecule has 3 nitrogen and oxygen atoms in total. The summed E-state index contributed by atoms with van der Waals surface area (Å²) in [6.45, 7) is 0. The van der Waals surface area contributed by atoms with E-state index < -0.39 is 0 Å². The largest absolute Gasteiger partial charge is 0.179 e. The van der Waals surface area contributed by atoms with E-state index in [1.165, 1.54) is 0 Å². The van der Waals surface area contributed by atoms with Crippen molar-refractivity contribution in [2.45, 2.75) is 10.1 Å². The van der Waals surface area contributed by atoms with Gasteiger partial charge in [0.15, 0.2) is 5.03 Å². The molecule has 0 aromatic carbocycles. The van der Waals surface area contributed by atoms with Gasteiger partial charge in [0, 0.05) is 6.26 Å². The summed E-state index contributed by atoms with van der Waals surface area (Å²) in [6.07, 6.45) is 6.03. The summed E-state index contributed by atoms with van der Waals surface area (Å²) in [6, 6.07) is 0. The highest BCUT2D eigenvalue weighted by atomic mass is 32.2. The molecule has 1 aromatic heterocycles. The molecule has 1 aromatic rings. The standard InChI is InChI=1S/C5H9N3S3/c1-9-4-5(10-2)8(11-3)7-6-4/h1-3H3. The predicted octanol–water partition coefficient (Wildman–Crippen LogP) is 1.85. The maximum atomic E-state index is 4.01. The van der Waals surface area contributed by atoms with Gasteiger partial charge in [0.25, 0.3) is 0 Å². The van der Waals surface area contributed by atoms with E-state index in [4.69, 9.17) is 0 Å². The molecule has 62 valence electrons. The van der Waals surface area contributed by atoms with E-state index >= 15 is 0 Å². The first-order chi connectivity index (χ1) is 5.33. The fourth-order valence-corrected chi connectivity index (χ4v) is 2.81. The third-order valence-corrected chi connectivity index (χ3v) is 3.39. The van der Waals surface area contributed by atoms with Crippen LogP contribution in [0.25, 0.3) is 0 Å². The van der Waals surface area contributed by atoms with Gasteiger partial charge in [-0.05, 0) is 24.5 Å². The quantitative estimate of drug-likeness (QED) is 0.706. The third kappa shape index (κ3) is 1.86. The molecule has 0 saturated heterocycles. The van der Waals surface area contributed by atoms with Crippen molar-refractivity contribution in [3.63, 3.8) is 0 Å². The van der Waals surface area contributed by atoms with Crippen molar-refractivity contribution < 1.29 is 0 Å². The smallest absolute Gasteiger partial charge is 0.153 e. The lowest BCUT2D eigenvalue weighted by atomic mass is 10.9. The lowest BCUT2D eigenvalue weighted by Crippen LogP contribution is -1.88. The highest BCUT2D eigenvalue weighted by Gasteiger charge is 2.09. The summed E-state index contributed by atoms with van der Waals surface area (Å²) in [4.78, 5) is 0. The van der Waals surface area contributed by atoms with Crippen LogP contribution in [0.4, 0.5) is 0 Å². The van der Waals surface area contributed by atoms with Crippen LogP contribution in [0.1, 0.15) is 0 Å². The SMILES string of the molecule is CSc1nnn(SC)c1SC. The monoisotopic (exact) mass is 207 g/mol. The molecule has 0 aliphatic heterocycles. The molecule has 0 aliphatic rings. The summed E-state index contributed by atoms with van der Waals surface area (Å²) >= 11 is 4.87. The van der Waals surface area contributed by atoms with Crippen molar-refractivity contribution in [1.82, 2.24) is 14.4 Å². The first kappa shape index (κ1) is 9.28. The Hall–Kier alpha value is 0.190. The minimum absolute atomic E-state index is 1.01. The fraction of sp³-hybridized carbons (Fsp3) is 0.600. The zero-order valence-corrected chi connectivity index (χ0v) is 9.02. The van der Waals surface area contributed by atoms with Gasteiger partial charge in [-0.1, -0.05) is 5.21 Å². The molecular weight excluding hydrogens is 198 g/mol. The summed E-state index contributed by atoms with van der Waals surface area (Å²) in [5.74, 6) is 0. The van der Waals surface area contributed by atoms with Crippen molar-refractivity contribution in [2.24, 2.45) is 0 Å². The Balaban J connectivity index is 2.99. The van der Waals surface area contributed by atoms with E-state index in [0.29, 0.717) is 0 Å². The molecule has 1 rings (SSSR count). The number of aromatic nitrogens is 3. The zero-order chi connectivity index (χ0) is 8.27. The lowest BCUT2D eigenvalue weighted by molar-refractivity contribution is 0.852. The second-order valence-corrected chi connectivity index (χ2v) is 3.96. The molecule has 0 N–H and O–H groups in total. The second-order valence-electron chi connectivity index (χ2n) is 1.66. The average molecular weight is 207 g/mol. The molecule has 0 radical (unpaired) electrons. The van der Waals surface area contributed by atoms with E-state index in [1.54, 1.807) is 35.5 Å². The van der Waals surface area contributed by atoms with Crippen LogP contribution < -0.4 is 0 Å². The first-order valence-corrected chi connectivity index (χ1v) is 6.54. The van der Waals surface area contributed by atoms with Crippen LogP contribution in [0.3, 0.4) is 0 Å². The number of nitrogens with zero attached hydrogens (tertiary/aromatic N) is 3. The Bertz CT molecular complexity index is 213. The van der Waals surface area contributed by atoms with E-state index in [2.05, 4.69) is 10.3 Å². The van der Waals surface area contributed by atoms with E-state index in [0.717, 1.165) is 10.1 Å². The van der Waals surface area contributed by atoms with Gasteiger partial charge in [-0.15, -0.1) is 28.6 Å². The fourth-order valence-electron chi connectivity index (χ4n) is 0.659. The van der Waals surface area contributed by atoms with Crippen molar-refractivity contribution >= 4 is 35.5 Å². The van der Waals surface area contributed by atoms with Crippen LogP contribution in [0, 0.1) is 0 Å². The van der Waals surface area contributed by atoms with Crippen molar-refractivity contribution in [1.29, 1.82) is 0 Å². The van der Waals surface area contributed by atoms with Gasteiger partial charge in [0.05, 0.1) is 0 Å². The molecule has 11 heavy (non-hydrogen) atoms. The maximum absolute atomic E-state index is 4.01. The minimum atomic E-state index is 1.01. The van der Waals surface area contributed by atoms with Crippen molar-refractivity contribution in [3.8, 4) is 0 Å². The second kappa shape index (κ2) is 4.27. The molecule has 0 saturated carbocycles. The summed E-state index contributed by atoms with van der Waals surface area (Å²) < 4.78 is 1.83. The van der Waals surface area contributed by atoms with Gasteiger partial charge in [-0.25, -0.2) is 0 Å². The normalized spacial score (nSPS) is 10.5. The van der Waals surface area contributed by atoms with Crippen LogP contribution in [-0.2, 0) is 0 Å². The van der Waals surface area contributed by atoms with Gasteiger partial charge in [-0.3, -0.25) is 0 Å². The maximum Gasteiger partial charge on any atom is 0.153 e. The van der Waals surface area contributed by atoms with Gasteiger partial charge in [0.1, 0.15) is 5.03 Å². The number of hydrogen-bond acceptors (Lipinski definition) is 5. The molecule has 0 fully saturated rings. The van der Waals surface area contributed by atoms with Crippen LogP contribution in [0.5, 0.6) is 0 Å². The molecule has 0 atom stereocenters. The molecule has 1 heterocycles. The van der Waals surface area contributed by atoms with Crippen molar-refractivity contribution in [3.05, 3.63) is 0 Å². The Labute approximate surface area is 78.8 Å². The molecule has 0 amide bonds. The number of hydrogen-bond donors (Lipinski definition) is 0. The summed E-state index contributed by atoms with van der Waals surface area (Å²) in [5.41, 5.74) is 0. The predicted molar refractivity (Wildman–Crippen MR) is 52.5 cm³/mol. The van der Waals surface area contributed by atoms with Gasteiger partial charge in [0.2, 0.25) is 0 Å². The van der Waals surface area contributed by atoms with E-state index in [-0.39, 0.29) is 0 Å². The Morgan fingerprint density at radius 1 is 1.18 bits per heavy atom. The van der Waals surface area contributed by atoms with Crippen LogP contribution in [0.15, 0.2) is 10.1 Å². The molecule has 0 bridgehead atoms. The van der Waals surface area contributed by atoms with Crippen LogP contribution >= 0.6 is 35.5 Å². The summed E-state index contributed by atoms with van der Waals surface area (Å²) in [7, 11) is 0. The average Bonchev–Trinajstić information content (AvgIpc) is 2.45. The highest BCUT2D eigenvalue weighted by molar-refractivity contribution is 8.02. The minimum Gasteiger partial charge on any atom is -0.179 e. The van der Waals surface area contributed by atoms with Crippen molar-refractivity contribution in [2.75, 3.05) is 18.8 Å². The highest BCUT2D eigenvalue weighted by Crippen LogP contribution is 2.27. The molecular formula is C5H9N3S3. The Morgan fingerprint density at radius 2 is 1.91 bits per heavy atom. The first-order valence-electron chi connectivity index (χ1n) is 2.91. The molecule has 6 heteroatoms. The molecule has 0 spiro atoms. The van der Waals surface area contributed by atoms with E-state index in [1.807, 2.05) is 22.9 Å².